The number of sulfone groups is 1. The first-order valence-electron chi connectivity index (χ1n) is 11.7. The predicted octanol–water partition coefficient (Wildman–Crippen LogP) is 1.71. The number of rotatable bonds is 6. The van der Waals surface area contributed by atoms with Crippen LogP contribution in [0.2, 0.25) is 0 Å². The van der Waals surface area contributed by atoms with Gasteiger partial charge in [0.2, 0.25) is 5.91 Å². The Morgan fingerprint density at radius 3 is 2.47 bits per heavy atom. The van der Waals surface area contributed by atoms with Crippen molar-refractivity contribution < 1.29 is 27.5 Å². The molecule has 2 fully saturated rings. The van der Waals surface area contributed by atoms with Crippen molar-refractivity contribution in [2.75, 3.05) is 34.8 Å². The molecular formula is C23H30N4O6S. The van der Waals surface area contributed by atoms with Gasteiger partial charge in [0.05, 0.1) is 17.5 Å². The molecule has 2 amide bonds. The van der Waals surface area contributed by atoms with Crippen molar-refractivity contribution in [3.05, 3.63) is 24.3 Å². The van der Waals surface area contributed by atoms with E-state index in [0.717, 1.165) is 23.8 Å². The number of piperidine rings is 1. The number of carbonyl (C=O) groups excluding carboxylic acids is 3. The van der Waals surface area contributed by atoms with E-state index in [2.05, 4.69) is 15.3 Å². The van der Waals surface area contributed by atoms with Crippen molar-refractivity contribution in [3.8, 4) is 0 Å². The van der Waals surface area contributed by atoms with Crippen LogP contribution in [0.5, 0.6) is 0 Å². The summed E-state index contributed by atoms with van der Waals surface area (Å²) in [6.45, 7) is 3.52. The van der Waals surface area contributed by atoms with Gasteiger partial charge in [-0.3, -0.25) is 9.59 Å². The number of nitrogens with zero attached hydrogens (tertiary/aromatic N) is 3. The van der Waals surface area contributed by atoms with Gasteiger partial charge in [-0.1, -0.05) is 0 Å². The van der Waals surface area contributed by atoms with Crippen molar-refractivity contribution in [1.82, 2.24) is 5.01 Å². The zero-order valence-corrected chi connectivity index (χ0v) is 20.1. The Labute approximate surface area is 199 Å². The Hall–Kier alpha value is -2.95. The summed E-state index contributed by atoms with van der Waals surface area (Å²) in [6.07, 6.45) is 2.94. The fourth-order valence-corrected chi connectivity index (χ4v) is 6.10. The van der Waals surface area contributed by atoms with Crippen molar-refractivity contribution in [2.24, 2.45) is 5.10 Å². The van der Waals surface area contributed by atoms with Crippen LogP contribution in [-0.2, 0) is 29.0 Å². The van der Waals surface area contributed by atoms with Gasteiger partial charge in [-0.15, -0.1) is 0 Å². The van der Waals surface area contributed by atoms with Crippen LogP contribution in [0.15, 0.2) is 29.4 Å². The summed E-state index contributed by atoms with van der Waals surface area (Å²) in [5.74, 6) is -1.77. The number of ether oxygens (including phenoxy) is 1. The van der Waals surface area contributed by atoms with Crippen LogP contribution in [0.25, 0.3) is 0 Å². The molecule has 2 saturated heterocycles. The normalized spacial score (nSPS) is 23.3. The smallest absolute Gasteiger partial charge is 0.355 e. The minimum absolute atomic E-state index is 0.00698. The Morgan fingerprint density at radius 2 is 1.82 bits per heavy atom. The molecule has 1 aromatic carbocycles. The first-order valence-corrected chi connectivity index (χ1v) is 13.5. The number of carbonyl (C=O) groups is 3. The highest BCUT2D eigenvalue weighted by Crippen LogP contribution is 2.23. The SMILES string of the molecule is CC(OC(=O)C1=NN(C2CCS(=O)(=O)C2)C(=O)CC1)C(=O)Nc1ccc(N2CCCCC2)cc1. The van der Waals surface area contributed by atoms with E-state index in [9.17, 15) is 22.8 Å². The number of nitrogens with one attached hydrogen (secondary N) is 1. The molecule has 0 aliphatic carbocycles. The van der Waals surface area contributed by atoms with Crippen LogP contribution in [0.1, 0.15) is 45.4 Å². The first kappa shape index (κ1) is 24.2. The quantitative estimate of drug-likeness (QED) is 0.602. The molecule has 10 nitrogen and oxygen atoms in total. The summed E-state index contributed by atoms with van der Waals surface area (Å²) >= 11 is 0. The molecule has 3 aliphatic heterocycles. The molecule has 0 bridgehead atoms. The van der Waals surface area contributed by atoms with Crippen LogP contribution in [0, 0.1) is 0 Å². The summed E-state index contributed by atoms with van der Waals surface area (Å²) in [6, 6.07) is 6.99. The van der Waals surface area contributed by atoms with Gasteiger partial charge in [0, 0.05) is 37.3 Å². The molecular weight excluding hydrogens is 460 g/mol. The average Bonchev–Trinajstić information content (AvgIpc) is 3.19. The monoisotopic (exact) mass is 490 g/mol. The molecule has 3 aliphatic rings. The molecule has 3 heterocycles. The second kappa shape index (κ2) is 10.1. The number of hydrogen-bond acceptors (Lipinski definition) is 8. The van der Waals surface area contributed by atoms with Crippen LogP contribution < -0.4 is 10.2 Å². The second-order valence-corrected chi connectivity index (χ2v) is 11.2. The van der Waals surface area contributed by atoms with E-state index in [0.29, 0.717) is 5.69 Å². The van der Waals surface area contributed by atoms with E-state index in [4.69, 9.17) is 4.74 Å². The van der Waals surface area contributed by atoms with Crippen LogP contribution in [-0.4, -0.2) is 73.7 Å². The lowest BCUT2D eigenvalue weighted by Crippen LogP contribution is -2.42. The lowest BCUT2D eigenvalue weighted by molar-refractivity contribution is -0.147. The maximum absolute atomic E-state index is 12.6. The highest BCUT2D eigenvalue weighted by Gasteiger charge is 2.38. The lowest BCUT2D eigenvalue weighted by atomic mass is 10.1. The summed E-state index contributed by atoms with van der Waals surface area (Å²) in [4.78, 5) is 39.7. The molecule has 1 N–H and O–H groups in total. The van der Waals surface area contributed by atoms with Crippen LogP contribution >= 0.6 is 0 Å². The van der Waals surface area contributed by atoms with Gasteiger partial charge in [0.1, 0.15) is 5.71 Å². The standard InChI is InChI=1S/C23H30N4O6S/c1-16(22(29)24-17-5-7-18(8-6-17)26-12-3-2-4-13-26)33-23(30)20-9-10-21(28)27(25-20)19-11-14-34(31,32)15-19/h5-8,16,19H,2-4,9-15H2,1H3,(H,24,29). The van der Waals surface area contributed by atoms with E-state index >= 15 is 0 Å². The molecule has 1 aromatic rings. The Morgan fingerprint density at radius 1 is 1.12 bits per heavy atom. The van der Waals surface area contributed by atoms with Crippen molar-refractivity contribution in [3.63, 3.8) is 0 Å². The molecule has 184 valence electrons. The minimum Gasteiger partial charge on any atom is -0.448 e. The second-order valence-electron chi connectivity index (χ2n) is 8.97. The Kier molecular flexibility index (Phi) is 7.20. The first-order chi connectivity index (χ1) is 16.2. The molecule has 0 saturated carbocycles. The molecule has 34 heavy (non-hydrogen) atoms. The number of hydrazone groups is 1. The molecule has 2 atom stereocenters. The highest BCUT2D eigenvalue weighted by atomic mass is 32.2. The fraction of sp³-hybridized carbons (Fsp3) is 0.565. The Bertz CT molecular complexity index is 1080. The zero-order valence-electron chi connectivity index (χ0n) is 19.2. The number of hydrogen-bond donors (Lipinski definition) is 1. The predicted molar refractivity (Wildman–Crippen MR) is 127 cm³/mol. The van der Waals surface area contributed by atoms with Gasteiger partial charge in [-0.05, 0) is 56.9 Å². The molecule has 4 rings (SSSR count). The molecule has 0 aromatic heterocycles. The maximum Gasteiger partial charge on any atom is 0.355 e. The van der Waals surface area contributed by atoms with E-state index in [1.165, 1.54) is 26.2 Å². The van der Waals surface area contributed by atoms with Crippen LogP contribution in [0.4, 0.5) is 11.4 Å². The van der Waals surface area contributed by atoms with E-state index in [1.807, 2.05) is 24.3 Å². The number of benzene rings is 1. The summed E-state index contributed by atoms with van der Waals surface area (Å²) in [7, 11) is -3.21. The minimum atomic E-state index is -3.21. The van der Waals surface area contributed by atoms with Crippen molar-refractivity contribution >= 4 is 44.7 Å². The fourth-order valence-electron chi connectivity index (χ4n) is 4.41. The van der Waals surface area contributed by atoms with Gasteiger partial charge in [0.15, 0.2) is 15.9 Å². The number of anilines is 2. The topological polar surface area (TPSA) is 125 Å². The van der Waals surface area contributed by atoms with E-state index < -0.39 is 33.9 Å². The lowest BCUT2D eigenvalue weighted by Gasteiger charge is -2.29. The van der Waals surface area contributed by atoms with Crippen LogP contribution in [0.3, 0.4) is 0 Å². The largest absolute Gasteiger partial charge is 0.448 e. The molecule has 2 unspecified atom stereocenters. The van der Waals surface area contributed by atoms with Gasteiger partial charge >= 0.3 is 5.97 Å². The van der Waals surface area contributed by atoms with Gasteiger partial charge in [-0.2, -0.15) is 5.10 Å². The number of amides is 2. The summed E-state index contributed by atoms with van der Waals surface area (Å²) < 4.78 is 28.8. The molecule has 11 heteroatoms. The molecule has 0 radical (unpaired) electrons. The Balaban J connectivity index is 1.33. The number of esters is 1. The third kappa shape index (κ3) is 5.75. The van der Waals surface area contributed by atoms with E-state index in [1.54, 1.807) is 0 Å². The summed E-state index contributed by atoms with van der Waals surface area (Å²) in [5, 5.41) is 7.93. The maximum atomic E-state index is 12.6. The van der Waals surface area contributed by atoms with Gasteiger partial charge < -0.3 is 15.0 Å². The third-order valence-corrected chi connectivity index (χ3v) is 8.11. The van der Waals surface area contributed by atoms with Crippen molar-refractivity contribution in [1.29, 1.82) is 0 Å². The molecule has 0 spiro atoms. The average molecular weight is 491 g/mol. The highest BCUT2D eigenvalue weighted by molar-refractivity contribution is 7.91. The van der Waals surface area contributed by atoms with Gasteiger partial charge in [0.25, 0.3) is 5.91 Å². The van der Waals surface area contributed by atoms with Crippen molar-refractivity contribution in [2.45, 2.75) is 57.6 Å². The van der Waals surface area contributed by atoms with Gasteiger partial charge in [-0.25, -0.2) is 18.2 Å². The summed E-state index contributed by atoms with van der Waals surface area (Å²) in [5.41, 5.74) is 1.72. The van der Waals surface area contributed by atoms with E-state index in [-0.39, 0.29) is 42.4 Å². The zero-order chi connectivity index (χ0) is 24.3. The third-order valence-electron chi connectivity index (χ3n) is 6.36.